The molecule has 1 aliphatic heterocycles. The van der Waals surface area contributed by atoms with Gasteiger partial charge in [0.1, 0.15) is 0 Å². The first kappa shape index (κ1) is 8.82. The first-order valence-electron chi connectivity index (χ1n) is 6.28. The summed E-state index contributed by atoms with van der Waals surface area (Å²) in [6.07, 6.45) is 3.91. The number of fused-ring (bicyclic) bond motifs is 3. The van der Waals surface area contributed by atoms with Crippen molar-refractivity contribution in [2.24, 2.45) is 0 Å². The van der Waals surface area contributed by atoms with E-state index in [9.17, 15) is 0 Å². The summed E-state index contributed by atoms with van der Waals surface area (Å²) in [6.45, 7) is 2.25. The fraction of sp³-hybridized carbons (Fsp3) is 0.429. The number of nitrogens with one attached hydrogen (secondary N) is 1. The Morgan fingerprint density at radius 3 is 3.19 bits per heavy atom. The normalized spacial score (nSPS) is 23.4. The van der Waals surface area contributed by atoms with Crippen LogP contribution in [0.15, 0.2) is 24.3 Å². The third kappa shape index (κ3) is 1.00. The van der Waals surface area contributed by atoms with Crippen LogP contribution in [0.3, 0.4) is 0 Å². The number of rotatable bonds is 0. The molecule has 0 fully saturated rings. The zero-order valence-corrected chi connectivity index (χ0v) is 9.37. The largest absolute Gasteiger partial charge is 0.342 e. The summed E-state index contributed by atoms with van der Waals surface area (Å²) >= 11 is 0. The van der Waals surface area contributed by atoms with Crippen molar-refractivity contribution in [2.45, 2.75) is 31.8 Å². The maximum absolute atomic E-state index is 3.66. The molecule has 0 amide bonds. The molecule has 0 bridgehead atoms. The summed E-state index contributed by atoms with van der Waals surface area (Å²) in [4.78, 5) is 0. The lowest BCUT2D eigenvalue weighted by Crippen LogP contribution is -2.35. The lowest BCUT2D eigenvalue weighted by Gasteiger charge is -2.31. The van der Waals surface area contributed by atoms with E-state index in [1.54, 1.807) is 11.3 Å². The number of hydrogen-bond donors (Lipinski definition) is 1. The molecule has 4 rings (SSSR count). The maximum Gasteiger partial charge on any atom is 0.0486 e. The van der Waals surface area contributed by atoms with Crippen molar-refractivity contribution in [3.05, 3.63) is 35.5 Å². The topological polar surface area (TPSA) is 17.0 Å². The minimum atomic E-state index is 0.616. The maximum atomic E-state index is 3.66. The van der Waals surface area contributed by atoms with E-state index in [0.717, 1.165) is 13.1 Å². The van der Waals surface area contributed by atoms with Crippen LogP contribution in [-0.4, -0.2) is 11.1 Å². The fourth-order valence-electron chi connectivity index (χ4n) is 3.47. The Labute approximate surface area is 95.3 Å². The molecular weight excluding hydrogens is 196 g/mol. The standard InChI is InChI=1S/C14H16N2/c1-2-7-13-10(4-1)11-5-3-6-12-14(11)16(13)9-8-15-12/h1-2,4,7,12,15H,3,5-6,8-9H2/t12-/m1/s1. The van der Waals surface area contributed by atoms with Crippen molar-refractivity contribution in [1.29, 1.82) is 0 Å². The van der Waals surface area contributed by atoms with Gasteiger partial charge in [-0.05, 0) is 30.9 Å². The summed E-state index contributed by atoms with van der Waals surface area (Å²) < 4.78 is 2.55. The first-order valence-corrected chi connectivity index (χ1v) is 6.28. The highest BCUT2D eigenvalue weighted by molar-refractivity contribution is 5.86. The molecule has 0 unspecified atom stereocenters. The van der Waals surface area contributed by atoms with Crippen molar-refractivity contribution >= 4 is 10.9 Å². The molecule has 2 aromatic rings. The average Bonchev–Trinajstić information content (AvgIpc) is 2.68. The zero-order chi connectivity index (χ0) is 10.5. The molecule has 0 radical (unpaired) electrons. The van der Waals surface area contributed by atoms with Crippen molar-refractivity contribution in [3.63, 3.8) is 0 Å². The van der Waals surface area contributed by atoms with E-state index >= 15 is 0 Å². The quantitative estimate of drug-likeness (QED) is 0.710. The van der Waals surface area contributed by atoms with Gasteiger partial charge in [-0.15, -0.1) is 0 Å². The highest BCUT2D eigenvalue weighted by Gasteiger charge is 2.29. The summed E-state index contributed by atoms with van der Waals surface area (Å²) in [6, 6.07) is 9.51. The molecule has 1 aromatic carbocycles. The summed E-state index contributed by atoms with van der Waals surface area (Å²) in [5.41, 5.74) is 4.64. The second-order valence-electron chi connectivity index (χ2n) is 4.93. The van der Waals surface area contributed by atoms with Crippen LogP contribution in [-0.2, 0) is 13.0 Å². The molecule has 0 saturated carbocycles. The molecule has 2 heteroatoms. The van der Waals surface area contributed by atoms with Gasteiger partial charge in [-0.2, -0.15) is 0 Å². The predicted octanol–water partition coefficient (Wildman–Crippen LogP) is 2.62. The summed E-state index contributed by atoms with van der Waals surface area (Å²) in [5.74, 6) is 0. The highest BCUT2D eigenvalue weighted by Crippen LogP contribution is 2.38. The Morgan fingerprint density at radius 2 is 2.19 bits per heavy atom. The van der Waals surface area contributed by atoms with Gasteiger partial charge in [-0.3, -0.25) is 0 Å². The Kier molecular flexibility index (Phi) is 1.71. The number of aromatic nitrogens is 1. The van der Waals surface area contributed by atoms with Crippen LogP contribution in [0.2, 0.25) is 0 Å². The van der Waals surface area contributed by atoms with Gasteiger partial charge in [-0.25, -0.2) is 0 Å². The fourth-order valence-corrected chi connectivity index (χ4v) is 3.47. The molecule has 1 aliphatic carbocycles. The van der Waals surface area contributed by atoms with E-state index in [-0.39, 0.29) is 0 Å². The van der Waals surface area contributed by atoms with Crippen molar-refractivity contribution < 1.29 is 0 Å². The average molecular weight is 212 g/mol. The Bertz CT molecular complexity index is 506. The van der Waals surface area contributed by atoms with Gasteiger partial charge in [-0.1, -0.05) is 18.2 Å². The molecule has 0 saturated heterocycles. The monoisotopic (exact) mass is 212 g/mol. The van der Waals surface area contributed by atoms with Crippen LogP contribution < -0.4 is 5.32 Å². The number of aryl methyl sites for hydroxylation is 1. The molecular formula is C14H16N2. The third-order valence-electron chi connectivity index (χ3n) is 4.10. The lowest BCUT2D eigenvalue weighted by molar-refractivity contribution is 0.384. The van der Waals surface area contributed by atoms with Gasteiger partial charge in [0.15, 0.2) is 0 Å². The molecule has 2 aliphatic rings. The number of benzene rings is 1. The van der Waals surface area contributed by atoms with E-state index in [0.29, 0.717) is 6.04 Å². The summed E-state index contributed by atoms with van der Waals surface area (Å²) in [7, 11) is 0. The van der Waals surface area contributed by atoms with E-state index in [4.69, 9.17) is 0 Å². The molecule has 0 spiro atoms. The van der Waals surface area contributed by atoms with Crippen molar-refractivity contribution in [2.75, 3.05) is 6.54 Å². The highest BCUT2D eigenvalue weighted by atomic mass is 15.1. The van der Waals surface area contributed by atoms with Gasteiger partial charge in [0, 0.05) is 35.7 Å². The van der Waals surface area contributed by atoms with Gasteiger partial charge >= 0.3 is 0 Å². The number of nitrogens with zero attached hydrogens (tertiary/aromatic N) is 1. The molecule has 2 heterocycles. The minimum Gasteiger partial charge on any atom is -0.342 e. The second-order valence-corrected chi connectivity index (χ2v) is 4.93. The van der Waals surface area contributed by atoms with Crippen molar-refractivity contribution in [1.82, 2.24) is 9.88 Å². The molecule has 1 N–H and O–H groups in total. The van der Waals surface area contributed by atoms with Crippen LogP contribution in [0, 0.1) is 0 Å². The van der Waals surface area contributed by atoms with E-state index in [1.807, 2.05) is 0 Å². The second kappa shape index (κ2) is 3.11. The van der Waals surface area contributed by atoms with Crippen LogP contribution in [0.5, 0.6) is 0 Å². The van der Waals surface area contributed by atoms with Gasteiger partial charge < -0.3 is 9.88 Å². The molecule has 1 atom stereocenters. The molecule has 1 aromatic heterocycles. The minimum absolute atomic E-state index is 0.616. The van der Waals surface area contributed by atoms with Crippen LogP contribution in [0.1, 0.15) is 30.1 Å². The Balaban J connectivity index is 2.13. The summed E-state index contributed by atoms with van der Waals surface area (Å²) in [5, 5.41) is 5.15. The number of para-hydroxylation sites is 1. The molecule has 2 nitrogen and oxygen atoms in total. The van der Waals surface area contributed by atoms with Gasteiger partial charge in [0.2, 0.25) is 0 Å². The SMILES string of the molecule is c1ccc2c(c1)c1c3n2CCN[C@@H]3CCC1. The smallest absolute Gasteiger partial charge is 0.0486 e. The van der Waals surface area contributed by atoms with Crippen LogP contribution in [0.25, 0.3) is 10.9 Å². The van der Waals surface area contributed by atoms with E-state index in [1.165, 1.54) is 30.2 Å². The van der Waals surface area contributed by atoms with Gasteiger partial charge in [0.25, 0.3) is 0 Å². The zero-order valence-electron chi connectivity index (χ0n) is 9.37. The van der Waals surface area contributed by atoms with E-state index < -0.39 is 0 Å². The van der Waals surface area contributed by atoms with Gasteiger partial charge in [0.05, 0.1) is 0 Å². The number of hydrogen-bond acceptors (Lipinski definition) is 1. The van der Waals surface area contributed by atoms with Crippen LogP contribution >= 0.6 is 0 Å². The third-order valence-corrected chi connectivity index (χ3v) is 4.10. The lowest BCUT2D eigenvalue weighted by atomic mass is 9.91. The predicted molar refractivity (Wildman–Crippen MR) is 65.6 cm³/mol. The Morgan fingerprint density at radius 1 is 1.25 bits per heavy atom. The molecule has 82 valence electrons. The first-order chi connectivity index (χ1) is 7.95. The van der Waals surface area contributed by atoms with E-state index in [2.05, 4.69) is 34.1 Å². The Hall–Kier alpha value is -1.28. The van der Waals surface area contributed by atoms with Crippen LogP contribution in [0.4, 0.5) is 0 Å². The van der Waals surface area contributed by atoms with Crippen molar-refractivity contribution in [3.8, 4) is 0 Å². The molecule has 16 heavy (non-hydrogen) atoms.